The highest BCUT2D eigenvalue weighted by molar-refractivity contribution is 5.94. The number of nitrogens with zero attached hydrogens (tertiary/aromatic N) is 1. The minimum atomic E-state index is -0.667. The Morgan fingerprint density at radius 3 is 2.76 bits per heavy atom. The molecule has 0 saturated heterocycles. The van der Waals surface area contributed by atoms with Gasteiger partial charge in [-0.1, -0.05) is 11.8 Å². The van der Waals surface area contributed by atoms with E-state index in [1.165, 1.54) is 31.2 Å². The largest absolute Gasteiger partial charge is 0.469 e. The highest BCUT2D eigenvalue weighted by atomic mass is 19.1. The zero-order valence-electron chi connectivity index (χ0n) is 11.9. The van der Waals surface area contributed by atoms with Crippen molar-refractivity contribution in [1.29, 1.82) is 0 Å². The summed E-state index contributed by atoms with van der Waals surface area (Å²) in [6.07, 6.45) is 0.0321. The molecule has 0 aliphatic rings. The van der Waals surface area contributed by atoms with Gasteiger partial charge in [0.05, 0.1) is 19.1 Å². The molecule has 112 valence electrons. The summed E-state index contributed by atoms with van der Waals surface area (Å²) in [7, 11) is 2.73. The van der Waals surface area contributed by atoms with Gasteiger partial charge in [-0.2, -0.15) is 0 Å². The molecule has 0 aliphatic carbocycles. The fourth-order valence-corrected chi connectivity index (χ4v) is 1.58. The van der Waals surface area contributed by atoms with E-state index in [0.717, 1.165) is 6.07 Å². The number of amides is 1. The number of hydrogen-bond acceptors (Lipinski definition) is 4. The van der Waals surface area contributed by atoms with E-state index in [-0.39, 0.29) is 25.1 Å². The summed E-state index contributed by atoms with van der Waals surface area (Å²) in [6, 6.07) is 3.88. The zero-order valence-corrected chi connectivity index (χ0v) is 11.9. The Balaban J connectivity index is 2.87. The van der Waals surface area contributed by atoms with Gasteiger partial charge in [0.2, 0.25) is 0 Å². The van der Waals surface area contributed by atoms with Crippen molar-refractivity contribution in [3.8, 4) is 11.8 Å². The van der Waals surface area contributed by atoms with Crippen LogP contribution in [0.5, 0.6) is 0 Å². The van der Waals surface area contributed by atoms with E-state index in [0.29, 0.717) is 5.56 Å². The molecule has 1 aromatic rings. The summed E-state index contributed by atoms with van der Waals surface area (Å²) in [5.41, 5.74) is 0.294. The van der Waals surface area contributed by atoms with Crippen LogP contribution in [0.1, 0.15) is 22.3 Å². The molecular weight excluding hydrogens is 277 g/mol. The summed E-state index contributed by atoms with van der Waals surface area (Å²) in [6.45, 7) is -0.197. The van der Waals surface area contributed by atoms with Crippen LogP contribution in [0.4, 0.5) is 4.39 Å². The second kappa shape index (κ2) is 8.02. The van der Waals surface area contributed by atoms with E-state index in [1.807, 2.05) is 0 Å². The van der Waals surface area contributed by atoms with Crippen molar-refractivity contribution >= 4 is 11.9 Å². The molecule has 21 heavy (non-hydrogen) atoms. The molecule has 0 bridgehead atoms. The first kappa shape index (κ1) is 16.7. The number of aliphatic hydroxyl groups is 1. The summed E-state index contributed by atoms with van der Waals surface area (Å²) >= 11 is 0. The van der Waals surface area contributed by atoms with Crippen molar-refractivity contribution in [2.75, 3.05) is 27.3 Å². The monoisotopic (exact) mass is 293 g/mol. The lowest BCUT2D eigenvalue weighted by atomic mass is 10.1. The normalized spacial score (nSPS) is 9.52. The first-order valence-electron chi connectivity index (χ1n) is 6.21. The molecule has 5 nitrogen and oxygen atoms in total. The predicted molar refractivity (Wildman–Crippen MR) is 74.0 cm³/mol. The topological polar surface area (TPSA) is 66.8 Å². The van der Waals surface area contributed by atoms with Crippen LogP contribution in [-0.2, 0) is 9.53 Å². The molecule has 6 heteroatoms. The average Bonchev–Trinajstić information content (AvgIpc) is 2.50. The Morgan fingerprint density at radius 1 is 1.43 bits per heavy atom. The third kappa shape index (κ3) is 4.89. The van der Waals surface area contributed by atoms with Gasteiger partial charge >= 0.3 is 5.97 Å². The lowest BCUT2D eigenvalue weighted by Crippen LogP contribution is -2.30. The lowest BCUT2D eigenvalue weighted by molar-refractivity contribution is -0.140. The van der Waals surface area contributed by atoms with Gasteiger partial charge in [-0.05, 0) is 18.2 Å². The van der Waals surface area contributed by atoms with Crippen LogP contribution in [0.2, 0.25) is 0 Å². The van der Waals surface area contributed by atoms with E-state index in [9.17, 15) is 14.0 Å². The van der Waals surface area contributed by atoms with E-state index >= 15 is 0 Å². The number of carbonyl (C=O) groups excluding carboxylic acids is 2. The van der Waals surface area contributed by atoms with E-state index in [1.54, 1.807) is 0 Å². The lowest BCUT2D eigenvalue weighted by Gasteiger charge is -2.17. The Bertz CT molecular complexity index is 589. The molecular formula is C15H16FNO4. The zero-order chi connectivity index (χ0) is 15.8. The Kier molecular flexibility index (Phi) is 6.37. The summed E-state index contributed by atoms with van der Waals surface area (Å²) in [5.74, 6) is 3.36. The number of rotatable bonds is 4. The standard InChI is InChI=1S/C15H16FNO4/c1-17(8-7-14(19)21-2)15(20)12-10-11(4-3-9-18)5-6-13(12)16/h5-6,10,18H,7-9H2,1-2H3. The maximum atomic E-state index is 13.7. The maximum Gasteiger partial charge on any atom is 0.307 e. The molecule has 0 saturated carbocycles. The smallest absolute Gasteiger partial charge is 0.307 e. The van der Waals surface area contributed by atoms with Gasteiger partial charge in [0.25, 0.3) is 5.91 Å². The van der Waals surface area contributed by atoms with Crippen molar-refractivity contribution in [1.82, 2.24) is 4.90 Å². The SMILES string of the molecule is COC(=O)CCN(C)C(=O)c1cc(C#CCO)ccc1F. The molecule has 0 radical (unpaired) electrons. The van der Waals surface area contributed by atoms with Gasteiger partial charge < -0.3 is 14.7 Å². The Morgan fingerprint density at radius 2 is 2.14 bits per heavy atom. The molecule has 0 aromatic heterocycles. The van der Waals surface area contributed by atoms with Crippen molar-refractivity contribution in [2.24, 2.45) is 0 Å². The van der Waals surface area contributed by atoms with Crippen LogP contribution in [0.15, 0.2) is 18.2 Å². The highest BCUT2D eigenvalue weighted by Crippen LogP contribution is 2.12. The second-order valence-corrected chi connectivity index (χ2v) is 4.21. The van der Waals surface area contributed by atoms with Gasteiger partial charge in [-0.15, -0.1) is 0 Å². The number of aliphatic hydroxyl groups excluding tert-OH is 1. The van der Waals surface area contributed by atoms with Gasteiger partial charge in [0.1, 0.15) is 12.4 Å². The molecule has 1 N–H and O–H groups in total. The van der Waals surface area contributed by atoms with Crippen LogP contribution >= 0.6 is 0 Å². The molecule has 1 amide bonds. The summed E-state index contributed by atoms with van der Waals surface area (Å²) < 4.78 is 18.2. The van der Waals surface area contributed by atoms with Crippen molar-refractivity contribution in [3.05, 3.63) is 35.1 Å². The molecule has 0 aliphatic heterocycles. The van der Waals surface area contributed by atoms with Gasteiger partial charge in [-0.25, -0.2) is 4.39 Å². The molecule has 1 aromatic carbocycles. The number of halogens is 1. The summed E-state index contributed by atoms with van der Waals surface area (Å²) in [4.78, 5) is 24.4. The van der Waals surface area contributed by atoms with Crippen LogP contribution < -0.4 is 0 Å². The molecule has 0 atom stereocenters. The third-order valence-corrected chi connectivity index (χ3v) is 2.73. The molecule has 0 unspecified atom stereocenters. The van der Waals surface area contributed by atoms with Crippen LogP contribution in [0, 0.1) is 17.7 Å². The van der Waals surface area contributed by atoms with Crippen LogP contribution in [0.3, 0.4) is 0 Å². The Hall–Kier alpha value is -2.39. The number of benzene rings is 1. The molecule has 1 rings (SSSR count). The molecule has 0 fully saturated rings. The molecule has 0 heterocycles. The number of methoxy groups -OCH3 is 1. The van der Waals surface area contributed by atoms with Crippen LogP contribution in [-0.4, -0.2) is 49.2 Å². The van der Waals surface area contributed by atoms with Gasteiger partial charge in [0, 0.05) is 19.2 Å². The number of hydrogen-bond donors (Lipinski definition) is 1. The van der Waals surface area contributed by atoms with E-state index < -0.39 is 17.7 Å². The van der Waals surface area contributed by atoms with E-state index in [4.69, 9.17) is 5.11 Å². The minimum absolute atomic E-state index is 0.0321. The quantitative estimate of drug-likeness (QED) is 0.659. The molecule has 0 spiro atoms. The van der Waals surface area contributed by atoms with Gasteiger partial charge in [-0.3, -0.25) is 9.59 Å². The predicted octanol–water partition coefficient (Wildman–Crippen LogP) is 0.805. The van der Waals surface area contributed by atoms with E-state index in [2.05, 4.69) is 16.6 Å². The Labute approximate surface area is 122 Å². The average molecular weight is 293 g/mol. The number of esters is 1. The van der Waals surface area contributed by atoms with Crippen molar-refractivity contribution in [2.45, 2.75) is 6.42 Å². The first-order valence-corrected chi connectivity index (χ1v) is 6.21. The van der Waals surface area contributed by atoms with Crippen LogP contribution in [0.25, 0.3) is 0 Å². The maximum absolute atomic E-state index is 13.7. The minimum Gasteiger partial charge on any atom is -0.469 e. The second-order valence-electron chi connectivity index (χ2n) is 4.21. The summed E-state index contributed by atoms with van der Waals surface area (Å²) in [5, 5.41) is 8.63. The fraction of sp³-hybridized carbons (Fsp3) is 0.333. The number of carbonyl (C=O) groups is 2. The first-order chi connectivity index (χ1) is 9.99. The van der Waals surface area contributed by atoms with Gasteiger partial charge in [0.15, 0.2) is 0 Å². The van der Waals surface area contributed by atoms with Crippen molar-refractivity contribution in [3.63, 3.8) is 0 Å². The highest BCUT2D eigenvalue weighted by Gasteiger charge is 2.17. The third-order valence-electron chi connectivity index (χ3n) is 2.73. The van der Waals surface area contributed by atoms with Crippen molar-refractivity contribution < 1.29 is 23.8 Å². The number of ether oxygens (including phenoxy) is 1. The fourth-order valence-electron chi connectivity index (χ4n) is 1.58.